The van der Waals surface area contributed by atoms with Gasteiger partial charge in [0, 0.05) is 12.7 Å². The van der Waals surface area contributed by atoms with Crippen molar-refractivity contribution in [3.8, 4) is 0 Å². The van der Waals surface area contributed by atoms with E-state index in [2.05, 4.69) is 15.6 Å². The summed E-state index contributed by atoms with van der Waals surface area (Å²) in [6, 6.07) is 3.31. The second-order valence-corrected chi connectivity index (χ2v) is 4.65. The average molecular weight is 263 g/mol. The van der Waals surface area contributed by atoms with Crippen LogP contribution in [0.2, 0.25) is 0 Å². The number of rotatable bonds is 5. The number of carbonyl (C=O) groups excluding carboxylic acids is 2. The summed E-state index contributed by atoms with van der Waals surface area (Å²) in [6.45, 7) is 0.303. The molecule has 19 heavy (non-hydrogen) atoms. The second kappa shape index (κ2) is 6.29. The standard InChI is InChI=1S/C13H17N3O3/c17-11(9-3-4-9)5-7-15-12(18)13(19)16-10-2-1-6-14-8-10/h1-2,6,8-9,11,17H,3-5,7H2,(H,15,18)(H,16,19)/t11-/m0/s1. The smallest absolute Gasteiger partial charge is 0.313 e. The van der Waals surface area contributed by atoms with Crippen LogP contribution in [0.25, 0.3) is 0 Å². The Morgan fingerprint density at radius 2 is 2.21 bits per heavy atom. The molecule has 6 nitrogen and oxygen atoms in total. The molecule has 1 fully saturated rings. The Morgan fingerprint density at radius 1 is 1.42 bits per heavy atom. The summed E-state index contributed by atoms with van der Waals surface area (Å²) in [5, 5.41) is 14.5. The quantitative estimate of drug-likeness (QED) is 0.666. The van der Waals surface area contributed by atoms with Crippen LogP contribution in [0.3, 0.4) is 0 Å². The van der Waals surface area contributed by atoms with E-state index < -0.39 is 11.8 Å². The molecule has 3 N–H and O–H groups in total. The van der Waals surface area contributed by atoms with Crippen molar-refractivity contribution in [1.82, 2.24) is 10.3 Å². The van der Waals surface area contributed by atoms with E-state index in [1.165, 1.54) is 6.20 Å². The van der Waals surface area contributed by atoms with Crippen LogP contribution in [0, 0.1) is 5.92 Å². The van der Waals surface area contributed by atoms with E-state index in [1.807, 2.05) is 0 Å². The van der Waals surface area contributed by atoms with Crippen LogP contribution in [0.1, 0.15) is 19.3 Å². The Bertz CT molecular complexity index is 446. The fourth-order valence-corrected chi connectivity index (χ4v) is 1.76. The maximum Gasteiger partial charge on any atom is 0.313 e. The third-order valence-corrected chi connectivity index (χ3v) is 3.02. The van der Waals surface area contributed by atoms with E-state index in [-0.39, 0.29) is 6.10 Å². The number of aliphatic hydroxyl groups excluding tert-OH is 1. The Labute approximate surface area is 111 Å². The Kier molecular flexibility index (Phi) is 4.46. The van der Waals surface area contributed by atoms with Crippen LogP contribution >= 0.6 is 0 Å². The van der Waals surface area contributed by atoms with Gasteiger partial charge in [0.2, 0.25) is 0 Å². The van der Waals surface area contributed by atoms with E-state index >= 15 is 0 Å². The highest BCUT2D eigenvalue weighted by atomic mass is 16.3. The fourth-order valence-electron chi connectivity index (χ4n) is 1.76. The van der Waals surface area contributed by atoms with Gasteiger partial charge < -0.3 is 15.7 Å². The molecule has 1 aliphatic rings. The van der Waals surface area contributed by atoms with Gasteiger partial charge in [0.25, 0.3) is 0 Å². The first-order valence-electron chi connectivity index (χ1n) is 6.34. The van der Waals surface area contributed by atoms with Crippen molar-refractivity contribution in [2.45, 2.75) is 25.4 Å². The van der Waals surface area contributed by atoms with Gasteiger partial charge in [-0.2, -0.15) is 0 Å². The molecule has 0 bridgehead atoms. The lowest BCUT2D eigenvalue weighted by Crippen LogP contribution is -2.37. The molecule has 0 aromatic carbocycles. The largest absolute Gasteiger partial charge is 0.393 e. The van der Waals surface area contributed by atoms with Crippen molar-refractivity contribution in [2.24, 2.45) is 5.92 Å². The number of carbonyl (C=O) groups is 2. The van der Waals surface area contributed by atoms with Crippen LogP contribution in [0.4, 0.5) is 5.69 Å². The molecule has 1 aromatic heterocycles. The second-order valence-electron chi connectivity index (χ2n) is 4.65. The highest BCUT2D eigenvalue weighted by Crippen LogP contribution is 2.33. The van der Waals surface area contributed by atoms with Crippen LogP contribution in [-0.2, 0) is 9.59 Å². The third kappa shape index (κ3) is 4.33. The summed E-state index contributed by atoms with van der Waals surface area (Å²) in [6.07, 6.45) is 5.25. The molecule has 1 aliphatic carbocycles. The lowest BCUT2D eigenvalue weighted by molar-refractivity contribution is -0.136. The summed E-state index contributed by atoms with van der Waals surface area (Å²) < 4.78 is 0. The van der Waals surface area contributed by atoms with Gasteiger partial charge in [-0.1, -0.05) is 0 Å². The monoisotopic (exact) mass is 263 g/mol. The molecular formula is C13H17N3O3. The molecule has 0 spiro atoms. The van der Waals surface area contributed by atoms with E-state index in [0.29, 0.717) is 24.6 Å². The molecule has 6 heteroatoms. The van der Waals surface area contributed by atoms with Crippen molar-refractivity contribution < 1.29 is 14.7 Å². The molecular weight excluding hydrogens is 246 g/mol. The van der Waals surface area contributed by atoms with E-state index in [4.69, 9.17) is 0 Å². The first-order valence-corrected chi connectivity index (χ1v) is 6.34. The summed E-state index contributed by atoms with van der Waals surface area (Å²) in [4.78, 5) is 26.8. The number of hydrogen-bond donors (Lipinski definition) is 3. The van der Waals surface area contributed by atoms with Crippen molar-refractivity contribution in [2.75, 3.05) is 11.9 Å². The molecule has 1 saturated carbocycles. The summed E-state index contributed by atoms with van der Waals surface area (Å²) in [5.74, 6) is -1.05. The van der Waals surface area contributed by atoms with Crippen LogP contribution in [0.5, 0.6) is 0 Å². The van der Waals surface area contributed by atoms with Gasteiger partial charge in [-0.05, 0) is 37.3 Å². The maximum absolute atomic E-state index is 11.5. The van der Waals surface area contributed by atoms with Gasteiger partial charge in [0.15, 0.2) is 0 Å². The lowest BCUT2D eigenvalue weighted by atomic mass is 10.2. The normalized spacial score (nSPS) is 15.6. The summed E-state index contributed by atoms with van der Waals surface area (Å²) >= 11 is 0. The van der Waals surface area contributed by atoms with Crippen LogP contribution in [-0.4, -0.2) is 34.6 Å². The number of nitrogens with one attached hydrogen (secondary N) is 2. The highest BCUT2D eigenvalue weighted by molar-refractivity contribution is 6.39. The third-order valence-electron chi connectivity index (χ3n) is 3.02. The SMILES string of the molecule is O=C(NCC[C@H](O)C1CC1)C(=O)Nc1cccnc1. The number of pyridine rings is 1. The molecule has 1 heterocycles. The van der Waals surface area contributed by atoms with Crippen LogP contribution < -0.4 is 10.6 Å². The Morgan fingerprint density at radius 3 is 2.84 bits per heavy atom. The molecule has 0 saturated heterocycles. The van der Waals surface area contributed by atoms with Crippen LogP contribution in [0.15, 0.2) is 24.5 Å². The van der Waals surface area contributed by atoms with Crippen molar-refractivity contribution in [3.63, 3.8) is 0 Å². The topological polar surface area (TPSA) is 91.3 Å². The molecule has 0 aliphatic heterocycles. The van der Waals surface area contributed by atoms with Gasteiger partial charge >= 0.3 is 11.8 Å². The minimum atomic E-state index is -0.728. The number of amides is 2. The first-order chi connectivity index (χ1) is 9.16. The predicted octanol–water partition coefficient (Wildman–Crippen LogP) is 0.297. The van der Waals surface area contributed by atoms with Crippen molar-refractivity contribution >= 4 is 17.5 Å². The Balaban J connectivity index is 1.68. The summed E-state index contributed by atoms with van der Waals surface area (Å²) in [5.41, 5.74) is 0.473. The molecule has 2 rings (SSSR count). The van der Waals surface area contributed by atoms with Crippen molar-refractivity contribution in [3.05, 3.63) is 24.5 Å². The average Bonchev–Trinajstić information content (AvgIpc) is 3.24. The fraction of sp³-hybridized carbons (Fsp3) is 0.462. The molecule has 1 aromatic rings. The number of anilines is 1. The van der Waals surface area contributed by atoms with Gasteiger partial charge in [-0.15, -0.1) is 0 Å². The Hall–Kier alpha value is -1.95. The van der Waals surface area contributed by atoms with E-state index in [1.54, 1.807) is 18.3 Å². The zero-order chi connectivity index (χ0) is 13.7. The number of aliphatic hydroxyl groups is 1. The highest BCUT2D eigenvalue weighted by Gasteiger charge is 2.29. The maximum atomic E-state index is 11.5. The molecule has 1 atom stereocenters. The van der Waals surface area contributed by atoms with E-state index in [0.717, 1.165) is 12.8 Å². The first kappa shape index (κ1) is 13.5. The lowest BCUT2D eigenvalue weighted by Gasteiger charge is -2.09. The summed E-state index contributed by atoms with van der Waals surface area (Å²) in [7, 11) is 0. The van der Waals surface area contributed by atoms with Crippen molar-refractivity contribution in [1.29, 1.82) is 0 Å². The minimum absolute atomic E-state index is 0.303. The van der Waals surface area contributed by atoms with Gasteiger partial charge in [0.05, 0.1) is 18.0 Å². The number of hydrogen-bond acceptors (Lipinski definition) is 4. The van der Waals surface area contributed by atoms with Gasteiger partial charge in [-0.25, -0.2) is 0 Å². The zero-order valence-corrected chi connectivity index (χ0v) is 10.5. The molecule has 2 amide bonds. The van der Waals surface area contributed by atoms with Gasteiger partial charge in [-0.3, -0.25) is 14.6 Å². The minimum Gasteiger partial charge on any atom is -0.393 e. The molecule has 0 radical (unpaired) electrons. The number of nitrogens with zero attached hydrogens (tertiary/aromatic N) is 1. The number of aromatic nitrogens is 1. The molecule has 0 unspecified atom stereocenters. The van der Waals surface area contributed by atoms with E-state index in [9.17, 15) is 14.7 Å². The van der Waals surface area contributed by atoms with Gasteiger partial charge in [0.1, 0.15) is 0 Å². The predicted molar refractivity (Wildman–Crippen MR) is 69.2 cm³/mol. The molecule has 102 valence electrons. The zero-order valence-electron chi connectivity index (χ0n) is 10.5.